The topological polar surface area (TPSA) is 84.6 Å². The number of hydroxylamine groups is 2. The van der Waals surface area contributed by atoms with Gasteiger partial charge in [0.1, 0.15) is 6.07 Å². The highest BCUT2D eigenvalue weighted by atomic mass is 16.5. The summed E-state index contributed by atoms with van der Waals surface area (Å²) in [6.45, 7) is 1.70. The number of nitriles is 1. The first-order valence-corrected chi connectivity index (χ1v) is 7.46. The van der Waals surface area contributed by atoms with Crippen LogP contribution in [-0.4, -0.2) is 35.2 Å². The molecular formula is C17H13N3O3. The maximum atomic E-state index is 12.2. The molecule has 114 valence electrons. The molecule has 1 fully saturated rings. The van der Waals surface area contributed by atoms with Crippen molar-refractivity contribution in [3.05, 3.63) is 41.0 Å². The van der Waals surface area contributed by atoms with Crippen molar-refractivity contribution in [1.82, 2.24) is 5.06 Å². The second-order valence-corrected chi connectivity index (χ2v) is 5.78. The summed E-state index contributed by atoms with van der Waals surface area (Å²) in [6.07, 6.45) is 2.10. The molecule has 0 bridgehead atoms. The van der Waals surface area contributed by atoms with Gasteiger partial charge >= 0.3 is 0 Å². The molecule has 1 N–H and O–H groups in total. The molecule has 2 heterocycles. The smallest absolute Gasteiger partial charge is 0.285 e. The molecule has 6 heteroatoms. The number of rotatable bonds is 1. The second kappa shape index (κ2) is 4.80. The van der Waals surface area contributed by atoms with Crippen LogP contribution in [0.25, 0.3) is 10.8 Å². The first kappa shape index (κ1) is 13.7. The van der Waals surface area contributed by atoms with Crippen molar-refractivity contribution < 1.29 is 14.8 Å². The summed E-state index contributed by atoms with van der Waals surface area (Å²) in [5.74, 6) is -1.52. The Morgan fingerprint density at radius 3 is 2.48 bits per heavy atom. The molecule has 4 rings (SSSR count). The van der Waals surface area contributed by atoms with Gasteiger partial charge in [-0.1, -0.05) is 12.1 Å². The Morgan fingerprint density at radius 1 is 1.09 bits per heavy atom. The van der Waals surface area contributed by atoms with E-state index < -0.39 is 11.8 Å². The minimum absolute atomic E-state index is 0.119. The molecule has 2 aromatic carbocycles. The normalized spacial score (nSPS) is 17.0. The average molecular weight is 307 g/mol. The third kappa shape index (κ3) is 1.77. The van der Waals surface area contributed by atoms with E-state index in [1.807, 2.05) is 6.07 Å². The van der Waals surface area contributed by atoms with Crippen LogP contribution < -0.4 is 4.90 Å². The summed E-state index contributed by atoms with van der Waals surface area (Å²) in [5, 5.41) is 20.6. The first-order chi connectivity index (χ1) is 11.1. The number of benzene rings is 2. The Bertz CT molecular complexity index is 907. The molecule has 0 aromatic heterocycles. The fraction of sp³-hybridized carbons (Fsp3) is 0.235. The number of imide groups is 1. The zero-order chi connectivity index (χ0) is 16.1. The van der Waals surface area contributed by atoms with Crippen LogP contribution in [0, 0.1) is 11.3 Å². The summed E-state index contributed by atoms with van der Waals surface area (Å²) < 4.78 is 0. The molecular weight excluding hydrogens is 294 g/mol. The molecule has 0 spiro atoms. The molecule has 0 saturated carbocycles. The Hall–Kier alpha value is -2.91. The van der Waals surface area contributed by atoms with Gasteiger partial charge in [0.2, 0.25) is 0 Å². The van der Waals surface area contributed by atoms with E-state index in [1.54, 1.807) is 12.1 Å². The van der Waals surface area contributed by atoms with Crippen molar-refractivity contribution in [2.24, 2.45) is 0 Å². The lowest BCUT2D eigenvalue weighted by Gasteiger charge is -2.26. The molecule has 6 nitrogen and oxygen atoms in total. The maximum absolute atomic E-state index is 12.2. The van der Waals surface area contributed by atoms with Gasteiger partial charge in [0.15, 0.2) is 0 Å². The number of anilines is 1. The molecule has 0 unspecified atom stereocenters. The fourth-order valence-electron chi connectivity index (χ4n) is 3.50. The second-order valence-electron chi connectivity index (χ2n) is 5.78. The number of amides is 2. The van der Waals surface area contributed by atoms with Crippen LogP contribution >= 0.6 is 0 Å². The van der Waals surface area contributed by atoms with Gasteiger partial charge in [-0.2, -0.15) is 5.26 Å². The van der Waals surface area contributed by atoms with E-state index in [0.29, 0.717) is 16.3 Å². The van der Waals surface area contributed by atoms with Crippen LogP contribution in [0.2, 0.25) is 0 Å². The summed E-state index contributed by atoms with van der Waals surface area (Å²) >= 11 is 0. The standard InChI is InChI=1S/C17H13N3O3/c18-9-10-8-13-14-11(15(10)19-6-1-2-7-19)4-3-5-12(14)16(21)20(23)17(13)22/h3-5,8,23H,1-2,6-7H2. The van der Waals surface area contributed by atoms with Crippen LogP contribution in [0.3, 0.4) is 0 Å². The number of hydrogen-bond donors (Lipinski definition) is 1. The molecule has 0 atom stereocenters. The van der Waals surface area contributed by atoms with Gasteiger partial charge in [-0.05, 0) is 25.0 Å². The van der Waals surface area contributed by atoms with Crippen LogP contribution in [0.4, 0.5) is 5.69 Å². The SMILES string of the molecule is N#Cc1cc2c3c(cccc3c1N1CCCC1)C(=O)N(O)C2=O. The Balaban J connectivity index is 2.13. The molecule has 0 aliphatic carbocycles. The van der Waals surface area contributed by atoms with E-state index in [1.165, 1.54) is 6.07 Å². The largest absolute Gasteiger partial charge is 0.370 e. The number of carbonyl (C=O) groups is 2. The molecule has 2 aromatic rings. The number of carbonyl (C=O) groups excluding carboxylic acids is 2. The minimum atomic E-state index is -0.789. The van der Waals surface area contributed by atoms with Crippen molar-refractivity contribution in [2.45, 2.75) is 12.8 Å². The summed E-state index contributed by atoms with van der Waals surface area (Å²) in [5.41, 5.74) is 1.64. The Labute approximate surface area is 132 Å². The Morgan fingerprint density at radius 2 is 1.78 bits per heavy atom. The van der Waals surface area contributed by atoms with E-state index in [9.17, 15) is 20.1 Å². The van der Waals surface area contributed by atoms with E-state index >= 15 is 0 Å². The highest BCUT2D eigenvalue weighted by Gasteiger charge is 2.34. The van der Waals surface area contributed by atoms with Crippen LogP contribution in [0.15, 0.2) is 24.3 Å². The molecule has 2 amide bonds. The zero-order valence-electron chi connectivity index (χ0n) is 12.2. The predicted octanol–water partition coefficient (Wildman–Crippen LogP) is 2.30. The van der Waals surface area contributed by atoms with Crippen molar-refractivity contribution in [3.63, 3.8) is 0 Å². The molecule has 1 saturated heterocycles. The summed E-state index contributed by atoms with van der Waals surface area (Å²) in [7, 11) is 0. The van der Waals surface area contributed by atoms with Gasteiger partial charge < -0.3 is 4.90 Å². The lowest BCUT2D eigenvalue weighted by molar-refractivity contribution is -0.0377. The molecule has 2 aliphatic heterocycles. The number of hydrogen-bond acceptors (Lipinski definition) is 5. The summed E-state index contributed by atoms with van der Waals surface area (Å²) in [4.78, 5) is 26.5. The van der Waals surface area contributed by atoms with Gasteiger partial charge in [0, 0.05) is 23.9 Å². The van der Waals surface area contributed by atoms with Crippen LogP contribution in [0.1, 0.15) is 39.1 Å². The third-order valence-electron chi connectivity index (χ3n) is 4.52. The van der Waals surface area contributed by atoms with Crippen molar-refractivity contribution in [3.8, 4) is 6.07 Å². The van der Waals surface area contributed by atoms with Crippen molar-refractivity contribution in [1.29, 1.82) is 5.26 Å². The van der Waals surface area contributed by atoms with Gasteiger partial charge in [0.05, 0.1) is 22.4 Å². The highest BCUT2D eigenvalue weighted by molar-refractivity contribution is 6.26. The zero-order valence-corrected chi connectivity index (χ0v) is 12.2. The quantitative estimate of drug-likeness (QED) is 0.645. The monoisotopic (exact) mass is 307 g/mol. The first-order valence-electron chi connectivity index (χ1n) is 7.46. The van der Waals surface area contributed by atoms with Crippen molar-refractivity contribution in [2.75, 3.05) is 18.0 Å². The van der Waals surface area contributed by atoms with E-state index in [4.69, 9.17) is 0 Å². The minimum Gasteiger partial charge on any atom is -0.370 e. The van der Waals surface area contributed by atoms with E-state index in [0.717, 1.165) is 31.6 Å². The van der Waals surface area contributed by atoms with E-state index in [2.05, 4.69) is 11.0 Å². The Kier molecular flexibility index (Phi) is 2.86. The van der Waals surface area contributed by atoms with Gasteiger partial charge in [-0.3, -0.25) is 14.8 Å². The van der Waals surface area contributed by atoms with E-state index in [-0.39, 0.29) is 16.2 Å². The summed E-state index contributed by atoms with van der Waals surface area (Å²) in [6, 6.07) is 8.76. The van der Waals surface area contributed by atoms with Gasteiger partial charge in [0.25, 0.3) is 11.8 Å². The lowest BCUT2D eigenvalue weighted by Crippen LogP contribution is -2.37. The van der Waals surface area contributed by atoms with Crippen LogP contribution in [-0.2, 0) is 0 Å². The van der Waals surface area contributed by atoms with Gasteiger partial charge in [-0.15, -0.1) is 5.06 Å². The third-order valence-corrected chi connectivity index (χ3v) is 4.52. The predicted molar refractivity (Wildman–Crippen MR) is 82.4 cm³/mol. The van der Waals surface area contributed by atoms with Crippen LogP contribution in [0.5, 0.6) is 0 Å². The fourth-order valence-corrected chi connectivity index (χ4v) is 3.50. The molecule has 23 heavy (non-hydrogen) atoms. The van der Waals surface area contributed by atoms with Crippen molar-refractivity contribution >= 4 is 28.3 Å². The lowest BCUT2D eigenvalue weighted by atomic mass is 9.91. The average Bonchev–Trinajstić information content (AvgIpc) is 3.10. The molecule has 0 radical (unpaired) electrons. The molecule has 2 aliphatic rings. The number of nitrogens with zero attached hydrogens (tertiary/aromatic N) is 3. The maximum Gasteiger partial charge on any atom is 0.285 e. The van der Waals surface area contributed by atoms with Gasteiger partial charge in [-0.25, -0.2) is 0 Å². The highest BCUT2D eigenvalue weighted by Crippen LogP contribution is 2.39.